The van der Waals surface area contributed by atoms with Crippen molar-refractivity contribution in [2.24, 2.45) is 0 Å². The number of allylic oxidation sites excluding steroid dienone is 18. The summed E-state index contributed by atoms with van der Waals surface area (Å²) in [5.74, 6) is -1.15. The number of aliphatic hydroxyl groups is 4. The third-order valence-corrected chi connectivity index (χ3v) is 9.43. The fourth-order valence-electron chi connectivity index (χ4n) is 5.04. The molecule has 0 aromatic heterocycles. The van der Waals surface area contributed by atoms with E-state index < -0.39 is 70.6 Å². The lowest BCUT2D eigenvalue weighted by Crippen LogP contribution is -2.29. The number of unbranched alkanes of at least 4 members (excludes halogenated alkanes) is 3. The summed E-state index contributed by atoms with van der Waals surface area (Å²) in [5, 5.41) is 38.3. The van der Waals surface area contributed by atoms with E-state index in [9.17, 15) is 34.4 Å². The number of hydrogen-bond acceptors (Lipinski definition) is 11. The molecule has 0 aliphatic heterocycles. The normalized spacial score (nSPS) is 16.0. The van der Waals surface area contributed by atoms with Crippen LogP contribution in [0.25, 0.3) is 0 Å². The maximum atomic E-state index is 12.6. The molecule has 0 aliphatic rings. The highest BCUT2D eigenvalue weighted by atomic mass is 31.2. The molecule has 0 saturated heterocycles. The molecule has 0 amide bonds. The number of carbonyl (C=O) groups excluding carboxylic acids is 2. The molecule has 0 radical (unpaired) electrons. The Balaban J connectivity index is 4.60. The van der Waals surface area contributed by atoms with Crippen molar-refractivity contribution < 1.29 is 58.0 Å². The largest absolute Gasteiger partial charge is 0.472 e. The topological polar surface area (TPSA) is 189 Å². The van der Waals surface area contributed by atoms with Gasteiger partial charge < -0.3 is 34.8 Å². The molecule has 0 aromatic rings. The third kappa shape index (κ3) is 43.1. The van der Waals surface area contributed by atoms with Gasteiger partial charge in [0.2, 0.25) is 0 Å². The highest BCUT2D eigenvalue weighted by Gasteiger charge is 2.27. The number of ether oxygens (including phenoxy) is 2. The summed E-state index contributed by atoms with van der Waals surface area (Å²) in [6.07, 6.45) is 50.6. The molecule has 5 N–H and O–H groups in total. The van der Waals surface area contributed by atoms with Crippen LogP contribution in [-0.2, 0) is 32.7 Å². The van der Waals surface area contributed by atoms with Crippen LogP contribution in [0.1, 0.15) is 117 Å². The van der Waals surface area contributed by atoms with Crippen molar-refractivity contribution in [3.8, 4) is 0 Å². The van der Waals surface area contributed by atoms with E-state index in [2.05, 4.69) is 72.2 Å². The van der Waals surface area contributed by atoms with Crippen LogP contribution in [0.3, 0.4) is 0 Å². The SMILES string of the molecule is CC/C=C\C/C=C\C/C=C\C/C=C\C/C=C\CCCCCC(=O)OC[C@H](COP(=O)(O)OC[C@@H](O)CO)OC(=O)CC/C=C\C/C=C\C[C@@H](O)/C=C/C=C\C=C\[C@@H](O)C/C=C\CC. The van der Waals surface area contributed by atoms with Crippen molar-refractivity contribution in [1.82, 2.24) is 0 Å². The van der Waals surface area contributed by atoms with Crippen molar-refractivity contribution in [3.05, 3.63) is 134 Å². The number of hydrogen-bond donors (Lipinski definition) is 5. The lowest BCUT2D eigenvalue weighted by Gasteiger charge is -2.20. The summed E-state index contributed by atoms with van der Waals surface area (Å²) in [5.41, 5.74) is 0. The van der Waals surface area contributed by atoms with Crippen molar-refractivity contribution in [2.75, 3.05) is 26.4 Å². The predicted octanol–water partition coefficient (Wildman–Crippen LogP) is 10.0. The first kappa shape index (κ1) is 59.0. The van der Waals surface area contributed by atoms with Gasteiger partial charge in [-0.3, -0.25) is 18.6 Å². The molecule has 0 saturated carbocycles. The molecule has 12 nitrogen and oxygen atoms in total. The Bertz CT molecular complexity index is 1530. The van der Waals surface area contributed by atoms with Crippen LogP contribution >= 0.6 is 7.82 Å². The van der Waals surface area contributed by atoms with E-state index in [1.807, 2.05) is 37.3 Å². The van der Waals surface area contributed by atoms with E-state index in [4.69, 9.17) is 19.1 Å². The minimum Gasteiger partial charge on any atom is -0.462 e. The lowest BCUT2D eigenvalue weighted by atomic mass is 10.1. The minimum atomic E-state index is -4.69. The zero-order chi connectivity index (χ0) is 46.5. The maximum Gasteiger partial charge on any atom is 0.472 e. The Morgan fingerprint density at radius 2 is 1.02 bits per heavy atom. The fourth-order valence-corrected chi connectivity index (χ4v) is 5.83. The molecule has 0 spiro atoms. The molecule has 0 rings (SSSR count). The second-order valence-electron chi connectivity index (χ2n) is 14.4. The number of carbonyl (C=O) groups is 2. The Morgan fingerprint density at radius 3 is 1.57 bits per heavy atom. The van der Waals surface area contributed by atoms with Gasteiger partial charge in [0.15, 0.2) is 6.10 Å². The first-order valence-corrected chi connectivity index (χ1v) is 23.9. The molecular formula is C50H77O12P. The van der Waals surface area contributed by atoms with E-state index in [0.29, 0.717) is 32.1 Å². The van der Waals surface area contributed by atoms with Gasteiger partial charge in [-0.25, -0.2) is 4.57 Å². The van der Waals surface area contributed by atoms with Gasteiger partial charge in [-0.1, -0.05) is 154 Å². The van der Waals surface area contributed by atoms with Gasteiger partial charge in [-0.15, -0.1) is 0 Å². The van der Waals surface area contributed by atoms with Crippen molar-refractivity contribution in [3.63, 3.8) is 0 Å². The molecule has 0 fully saturated rings. The van der Waals surface area contributed by atoms with Gasteiger partial charge >= 0.3 is 19.8 Å². The number of rotatable bonds is 39. The summed E-state index contributed by atoms with van der Waals surface area (Å²) in [6, 6.07) is 0. The van der Waals surface area contributed by atoms with E-state index in [1.165, 1.54) is 0 Å². The number of phosphoric ester groups is 1. The van der Waals surface area contributed by atoms with Gasteiger partial charge in [0.05, 0.1) is 32.0 Å². The highest BCUT2D eigenvalue weighted by molar-refractivity contribution is 7.47. The number of phosphoric acid groups is 1. The highest BCUT2D eigenvalue weighted by Crippen LogP contribution is 2.43. The van der Waals surface area contributed by atoms with Gasteiger partial charge in [-0.05, 0) is 83.5 Å². The average Bonchev–Trinajstić information content (AvgIpc) is 3.26. The summed E-state index contributed by atoms with van der Waals surface area (Å²) in [7, 11) is -4.69. The fraction of sp³-hybridized carbons (Fsp3) is 0.520. The minimum absolute atomic E-state index is 0.0143. The molecular weight excluding hydrogens is 824 g/mol. The van der Waals surface area contributed by atoms with Crippen LogP contribution in [-0.4, -0.2) is 88.1 Å². The molecule has 0 bridgehead atoms. The Hall–Kier alpha value is -3.97. The van der Waals surface area contributed by atoms with Gasteiger partial charge in [-0.2, -0.15) is 0 Å². The third-order valence-electron chi connectivity index (χ3n) is 8.48. The van der Waals surface area contributed by atoms with Crippen LogP contribution in [0.15, 0.2) is 134 Å². The van der Waals surface area contributed by atoms with Gasteiger partial charge in [0.25, 0.3) is 0 Å². The van der Waals surface area contributed by atoms with Crippen LogP contribution in [0, 0.1) is 0 Å². The smallest absolute Gasteiger partial charge is 0.462 e. The molecule has 5 atom stereocenters. The standard InChI is InChI=1S/C50H77O12P/c1-3-5-7-8-9-10-11-12-13-14-15-16-17-18-19-20-21-25-33-39-49(55)59-43-48(44-61-63(57,58)60-42-47(54)41-51)62-50(56)40-34-26-23-22-24-30-36-46(53)38-32-28-27-31-37-45(52)35-29-6-4-2/h5-7,9-10,12-13,15-16,18-19,23-24,26-32,37-38,45-48,51-54H,3-4,8,11,14,17,20-22,25,33-36,39-44H2,1-2H3,(H,57,58)/b7-5-,10-9-,13-12-,16-15-,19-18-,26-23-,28-27-,29-6-,30-24-,37-31+,38-32+/t45-,46+,47-,48+/m0/s1. The Labute approximate surface area is 377 Å². The summed E-state index contributed by atoms with van der Waals surface area (Å²) < 4.78 is 32.6. The maximum absolute atomic E-state index is 12.6. The van der Waals surface area contributed by atoms with Crippen LogP contribution < -0.4 is 0 Å². The monoisotopic (exact) mass is 901 g/mol. The predicted molar refractivity (Wildman–Crippen MR) is 253 cm³/mol. The van der Waals surface area contributed by atoms with Crippen molar-refractivity contribution >= 4 is 19.8 Å². The molecule has 63 heavy (non-hydrogen) atoms. The first-order chi connectivity index (χ1) is 30.5. The van der Waals surface area contributed by atoms with E-state index >= 15 is 0 Å². The second-order valence-corrected chi connectivity index (χ2v) is 15.8. The van der Waals surface area contributed by atoms with Crippen molar-refractivity contribution in [2.45, 2.75) is 141 Å². The van der Waals surface area contributed by atoms with E-state index in [0.717, 1.165) is 57.8 Å². The summed E-state index contributed by atoms with van der Waals surface area (Å²) in [4.78, 5) is 35.0. The quantitative estimate of drug-likeness (QED) is 0.0129. The lowest BCUT2D eigenvalue weighted by molar-refractivity contribution is -0.161. The Kier molecular flexibility index (Phi) is 40.6. The van der Waals surface area contributed by atoms with Gasteiger partial charge in [0, 0.05) is 12.8 Å². The van der Waals surface area contributed by atoms with Crippen LogP contribution in [0.4, 0.5) is 0 Å². The number of esters is 2. The molecule has 13 heteroatoms. The van der Waals surface area contributed by atoms with Gasteiger partial charge in [0.1, 0.15) is 12.7 Å². The van der Waals surface area contributed by atoms with E-state index in [-0.39, 0.29) is 12.8 Å². The molecule has 354 valence electrons. The molecule has 0 aromatic carbocycles. The zero-order valence-corrected chi connectivity index (χ0v) is 38.6. The Morgan fingerprint density at radius 1 is 0.540 bits per heavy atom. The zero-order valence-electron chi connectivity index (χ0n) is 37.7. The first-order valence-electron chi connectivity index (χ1n) is 22.4. The van der Waals surface area contributed by atoms with Crippen LogP contribution in [0.2, 0.25) is 0 Å². The summed E-state index contributed by atoms with van der Waals surface area (Å²) >= 11 is 0. The van der Waals surface area contributed by atoms with Crippen molar-refractivity contribution in [1.29, 1.82) is 0 Å². The average molecular weight is 901 g/mol. The second kappa shape index (κ2) is 43.3. The molecule has 0 heterocycles. The van der Waals surface area contributed by atoms with E-state index in [1.54, 1.807) is 42.5 Å². The summed E-state index contributed by atoms with van der Waals surface area (Å²) in [6.45, 7) is 1.80. The molecule has 0 aliphatic carbocycles. The number of aliphatic hydroxyl groups excluding tert-OH is 4. The molecule has 1 unspecified atom stereocenters. The van der Waals surface area contributed by atoms with Crippen LogP contribution in [0.5, 0.6) is 0 Å².